The van der Waals surface area contributed by atoms with E-state index < -0.39 is 41.6 Å². The molecule has 2 amide bonds. The number of rotatable bonds is 9. The highest BCUT2D eigenvalue weighted by Crippen LogP contribution is 2.60. The minimum Gasteiger partial charge on any atom is -0.466 e. The number of alkyl halides is 1. The van der Waals surface area contributed by atoms with Crippen molar-refractivity contribution in [3.63, 3.8) is 0 Å². The molecule has 2 unspecified atom stereocenters. The third kappa shape index (κ3) is 3.91. The fourth-order valence-corrected chi connectivity index (χ4v) is 6.62. The number of aliphatic hydroxyl groups is 1. The molecule has 8 nitrogen and oxygen atoms in total. The lowest BCUT2D eigenvalue weighted by Gasteiger charge is -2.38. The summed E-state index contributed by atoms with van der Waals surface area (Å²) in [5, 5.41) is 13.2. The third-order valence-corrected chi connectivity index (χ3v) is 7.80. The summed E-state index contributed by atoms with van der Waals surface area (Å²) < 4.78 is 11.7. The monoisotopic (exact) mass is 502 g/mol. The Kier molecular flexibility index (Phi) is 7.38. The van der Waals surface area contributed by atoms with Crippen LogP contribution in [0.25, 0.3) is 0 Å². The number of carbonyl (C=O) groups excluding carboxylic acids is 3. The van der Waals surface area contributed by atoms with Crippen molar-refractivity contribution in [3.05, 3.63) is 0 Å². The van der Waals surface area contributed by atoms with E-state index in [1.54, 1.807) is 6.92 Å². The summed E-state index contributed by atoms with van der Waals surface area (Å²) in [5.41, 5.74) is -1.12. The molecule has 176 valence electrons. The van der Waals surface area contributed by atoms with Gasteiger partial charge >= 0.3 is 5.97 Å². The molecule has 2 bridgehead atoms. The first-order valence-electron chi connectivity index (χ1n) is 11.4. The molecule has 0 aromatic heterocycles. The van der Waals surface area contributed by atoms with E-state index in [2.05, 4.69) is 21.2 Å². The molecule has 0 radical (unpaired) electrons. The van der Waals surface area contributed by atoms with Gasteiger partial charge in [0, 0.05) is 10.9 Å². The zero-order valence-electron chi connectivity index (χ0n) is 19.0. The Bertz CT molecular complexity index is 718. The van der Waals surface area contributed by atoms with Crippen LogP contribution in [0.1, 0.15) is 53.9 Å². The highest BCUT2D eigenvalue weighted by molar-refractivity contribution is 9.09. The lowest BCUT2D eigenvalue weighted by Crippen LogP contribution is -2.60. The van der Waals surface area contributed by atoms with Gasteiger partial charge in [-0.1, -0.05) is 43.1 Å². The Morgan fingerprint density at radius 1 is 1.35 bits per heavy atom. The van der Waals surface area contributed by atoms with Crippen molar-refractivity contribution in [3.8, 4) is 0 Å². The van der Waals surface area contributed by atoms with Crippen LogP contribution < -0.4 is 5.32 Å². The second kappa shape index (κ2) is 9.35. The molecule has 0 aliphatic carbocycles. The van der Waals surface area contributed by atoms with Crippen LogP contribution in [-0.2, 0) is 23.9 Å². The standard InChI is InChI=1S/C22H35BrN2O6/c1-6-8-12(5)24-19(27)18-22-9-13(23)17(31-22)15(21(29)30-7-2)16(22)20(28)25(18)14(10-26)11(3)4/h11-18,26H,6-10H2,1-5H3,(H,24,27)/t12?,13?,14-,15+,16-,17+,18+,22-/m0/s1. The van der Waals surface area contributed by atoms with Gasteiger partial charge in [0.15, 0.2) is 0 Å². The topological polar surface area (TPSA) is 105 Å². The zero-order chi connectivity index (χ0) is 23.1. The van der Waals surface area contributed by atoms with E-state index >= 15 is 0 Å². The molecule has 9 heteroatoms. The number of aliphatic hydroxyl groups excluding tert-OH is 1. The largest absolute Gasteiger partial charge is 0.466 e. The molecule has 0 saturated carbocycles. The van der Waals surface area contributed by atoms with Crippen LogP contribution in [0.2, 0.25) is 0 Å². The van der Waals surface area contributed by atoms with E-state index in [4.69, 9.17) is 9.47 Å². The molecule has 2 N–H and O–H groups in total. The van der Waals surface area contributed by atoms with E-state index in [0.29, 0.717) is 6.42 Å². The molecule has 3 aliphatic heterocycles. The van der Waals surface area contributed by atoms with Crippen LogP contribution in [0.15, 0.2) is 0 Å². The minimum atomic E-state index is -1.12. The summed E-state index contributed by atoms with van der Waals surface area (Å²) in [6.07, 6.45) is 1.65. The molecule has 3 heterocycles. The molecule has 8 atom stereocenters. The molecule has 1 spiro atoms. The number of carbonyl (C=O) groups is 3. The number of esters is 1. The van der Waals surface area contributed by atoms with E-state index in [1.165, 1.54) is 4.90 Å². The van der Waals surface area contributed by atoms with Crippen molar-refractivity contribution < 1.29 is 29.0 Å². The predicted molar refractivity (Wildman–Crippen MR) is 117 cm³/mol. The maximum atomic E-state index is 13.8. The lowest BCUT2D eigenvalue weighted by molar-refractivity contribution is -0.155. The van der Waals surface area contributed by atoms with Gasteiger partial charge in [-0.15, -0.1) is 0 Å². The number of hydrogen-bond donors (Lipinski definition) is 2. The van der Waals surface area contributed by atoms with Crippen LogP contribution >= 0.6 is 15.9 Å². The Morgan fingerprint density at radius 2 is 2.03 bits per heavy atom. The van der Waals surface area contributed by atoms with Gasteiger partial charge in [-0.05, 0) is 32.6 Å². The van der Waals surface area contributed by atoms with Gasteiger partial charge in [-0.25, -0.2) is 0 Å². The molecule has 0 aromatic rings. The van der Waals surface area contributed by atoms with E-state index in [-0.39, 0.29) is 41.8 Å². The SMILES string of the molecule is CCCC(C)NC(=O)[C@H]1N([C@@H](CO)C(C)C)C(=O)[C@@H]2[C@@H](C(=O)OCC)[C@@H]3O[C@@]21CC3Br. The maximum absolute atomic E-state index is 13.8. The smallest absolute Gasteiger partial charge is 0.312 e. The van der Waals surface area contributed by atoms with Gasteiger partial charge in [0.25, 0.3) is 0 Å². The van der Waals surface area contributed by atoms with Crippen LogP contribution in [0, 0.1) is 17.8 Å². The number of hydrogen-bond acceptors (Lipinski definition) is 6. The van der Waals surface area contributed by atoms with Crippen molar-refractivity contribution in [2.45, 2.75) is 88.5 Å². The van der Waals surface area contributed by atoms with Crippen molar-refractivity contribution in [1.82, 2.24) is 10.2 Å². The number of nitrogens with zero attached hydrogens (tertiary/aromatic N) is 1. The molecule has 31 heavy (non-hydrogen) atoms. The normalized spacial score (nSPS) is 35.9. The summed E-state index contributed by atoms with van der Waals surface area (Å²) in [6.45, 7) is 9.45. The van der Waals surface area contributed by atoms with Crippen LogP contribution in [-0.4, -0.2) is 75.7 Å². The fraction of sp³-hybridized carbons (Fsp3) is 0.864. The highest BCUT2D eigenvalue weighted by Gasteiger charge is 2.77. The minimum absolute atomic E-state index is 0.0595. The van der Waals surface area contributed by atoms with E-state index in [9.17, 15) is 19.5 Å². The number of nitrogens with one attached hydrogen (secondary N) is 1. The van der Waals surface area contributed by atoms with Gasteiger partial charge in [-0.3, -0.25) is 14.4 Å². The van der Waals surface area contributed by atoms with Gasteiger partial charge < -0.3 is 24.8 Å². The van der Waals surface area contributed by atoms with Gasteiger partial charge in [0.05, 0.1) is 37.2 Å². The number of halogens is 1. The van der Waals surface area contributed by atoms with Gasteiger partial charge in [0.1, 0.15) is 11.6 Å². The van der Waals surface area contributed by atoms with Crippen molar-refractivity contribution in [2.24, 2.45) is 17.8 Å². The van der Waals surface area contributed by atoms with Crippen LogP contribution in [0.4, 0.5) is 0 Å². The first-order valence-corrected chi connectivity index (χ1v) is 12.3. The summed E-state index contributed by atoms with van der Waals surface area (Å²) in [7, 11) is 0. The number of amides is 2. The molecular formula is C22H35BrN2O6. The third-order valence-electron chi connectivity index (χ3n) is 6.96. The maximum Gasteiger partial charge on any atom is 0.312 e. The molecule has 0 aromatic carbocycles. The number of fused-ring (bicyclic) bond motifs is 1. The first kappa shape index (κ1) is 24.5. The van der Waals surface area contributed by atoms with Gasteiger partial charge in [-0.2, -0.15) is 0 Å². The Labute approximate surface area is 192 Å². The highest BCUT2D eigenvalue weighted by atomic mass is 79.9. The predicted octanol–water partition coefficient (Wildman–Crippen LogP) is 1.62. The summed E-state index contributed by atoms with van der Waals surface area (Å²) in [5.74, 6) is -2.72. The molecular weight excluding hydrogens is 468 g/mol. The molecule has 3 fully saturated rings. The molecule has 3 saturated heterocycles. The summed E-state index contributed by atoms with van der Waals surface area (Å²) in [6, 6.07) is -1.52. The zero-order valence-corrected chi connectivity index (χ0v) is 20.6. The molecule has 3 rings (SSSR count). The van der Waals surface area contributed by atoms with Gasteiger partial charge in [0.2, 0.25) is 11.8 Å². The quantitative estimate of drug-likeness (QED) is 0.366. The Hall–Kier alpha value is -1.19. The van der Waals surface area contributed by atoms with Crippen LogP contribution in [0.5, 0.6) is 0 Å². The second-order valence-electron chi connectivity index (χ2n) is 9.35. The van der Waals surface area contributed by atoms with Crippen LogP contribution in [0.3, 0.4) is 0 Å². The second-order valence-corrected chi connectivity index (χ2v) is 10.5. The van der Waals surface area contributed by atoms with Crippen molar-refractivity contribution in [2.75, 3.05) is 13.2 Å². The van der Waals surface area contributed by atoms with E-state index in [0.717, 1.165) is 12.8 Å². The summed E-state index contributed by atoms with van der Waals surface area (Å²) in [4.78, 5) is 41.5. The Morgan fingerprint density at radius 3 is 2.58 bits per heavy atom. The van der Waals surface area contributed by atoms with Crippen molar-refractivity contribution >= 4 is 33.7 Å². The van der Waals surface area contributed by atoms with E-state index in [1.807, 2.05) is 27.7 Å². The Balaban J connectivity index is 2.06. The number of ether oxygens (including phenoxy) is 2. The van der Waals surface area contributed by atoms with Crippen molar-refractivity contribution in [1.29, 1.82) is 0 Å². The number of likely N-dealkylation sites (tertiary alicyclic amines) is 1. The lowest BCUT2D eigenvalue weighted by atomic mass is 9.70. The average Bonchev–Trinajstić information content (AvgIpc) is 3.26. The average molecular weight is 503 g/mol. The summed E-state index contributed by atoms with van der Waals surface area (Å²) >= 11 is 3.62. The first-order chi connectivity index (χ1) is 14.6. The molecule has 3 aliphatic rings. The fourth-order valence-electron chi connectivity index (χ4n) is 5.68.